The van der Waals surface area contributed by atoms with Crippen LogP contribution in [0.4, 0.5) is 11.8 Å². The van der Waals surface area contributed by atoms with Crippen molar-refractivity contribution in [2.24, 2.45) is 0 Å². The van der Waals surface area contributed by atoms with Gasteiger partial charge in [0.15, 0.2) is 0 Å². The molecule has 2 aromatic rings. The predicted octanol–water partition coefficient (Wildman–Crippen LogP) is 1.72. The predicted molar refractivity (Wildman–Crippen MR) is 107 cm³/mol. The lowest BCUT2D eigenvalue weighted by molar-refractivity contribution is 0.0536. The first-order valence-corrected chi connectivity index (χ1v) is 9.52. The summed E-state index contributed by atoms with van der Waals surface area (Å²) < 4.78 is 11.3. The van der Waals surface area contributed by atoms with E-state index in [9.17, 15) is 5.11 Å². The number of ether oxygens (including phenoxy) is 2. The molecule has 1 aliphatic rings. The highest BCUT2D eigenvalue weighted by Gasteiger charge is 2.27. The third kappa shape index (κ3) is 5.02. The summed E-state index contributed by atoms with van der Waals surface area (Å²) in [5.41, 5.74) is 7.53. The van der Waals surface area contributed by atoms with Crippen molar-refractivity contribution in [3.05, 3.63) is 40.5 Å². The smallest absolute Gasteiger partial charge is 0.222 e. The standard InChI is InChI=1S/C19H25ClN4O4/c1-12-7-18(23-19(21)22-12)24-5-2-6-27-11-17(24)15-4-3-14(8-16(15)20)28-10-13(26)9-25/h3-4,7-8,13,17,25-26H,2,5-6,9-11H2,1H3,(H2,21,22,23)/t13-,17?/m1/s1. The first-order valence-electron chi connectivity index (χ1n) is 9.14. The van der Waals surface area contributed by atoms with Crippen molar-refractivity contribution >= 4 is 23.4 Å². The number of rotatable bonds is 6. The van der Waals surface area contributed by atoms with Gasteiger partial charge in [-0.3, -0.25) is 0 Å². The van der Waals surface area contributed by atoms with Gasteiger partial charge >= 0.3 is 0 Å². The Hall–Kier alpha value is -2.13. The van der Waals surface area contributed by atoms with Crippen LogP contribution in [0.5, 0.6) is 5.75 Å². The Balaban J connectivity index is 1.87. The Morgan fingerprint density at radius 2 is 2.21 bits per heavy atom. The number of anilines is 2. The molecule has 2 heterocycles. The minimum Gasteiger partial charge on any atom is -0.491 e. The summed E-state index contributed by atoms with van der Waals surface area (Å²) in [4.78, 5) is 10.7. The zero-order chi connectivity index (χ0) is 20.1. The van der Waals surface area contributed by atoms with Crippen LogP contribution in [-0.2, 0) is 4.74 Å². The molecule has 0 saturated carbocycles. The van der Waals surface area contributed by atoms with E-state index >= 15 is 0 Å². The molecular formula is C19H25ClN4O4. The number of halogens is 1. The molecule has 1 aromatic heterocycles. The first kappa shape index (κ1) is 20.6. The summed E-state index contributed by atoms with van der Waals surface area (Å²) in [5.74, 6) is 1.49. The van der Waals surface area contributed by atoms with Gasteiger partial charge in [0, 0.05) is 29.9 Å². The zero-order valence-corrected chi connectivity index (χ0v) is 16.5. The molecule has 3 rings (SSSR count). The van der Waals surface area contributed by atoms with Crippen LogP contribution in [0.1, 0.15) is 23.7 Å². The summed E-state index contributed by atoms with van der Waals surface area (Å²) >= 11 is 6.55. The molecule has 0 bridgehead atoms. The molecule has 0 radical (unpaired) electrons. The quantitative estimate of drug-likeness (QED) is 0.662. The second-order valence-corrected chi connectivity index (χ2v) is 7.10. The summed E-state index contributed by atoms with van der Waals surface area (Å²) in [5, 5.41) is 18.8. The second kappa shape index (κ2) is 9.38. The van der Waals surface area contributed by atoms with E-state index in [4.69, 9.17) is 31.9 Å². The Morgan fingerprint density at radius 1 is 1.39 bits per heavy atom. The molecule has 152 valence electrons. The maximum absolute atomic E-state index is 9.43. The molecule has 0 amide bonds. The number of nitrogens with two attached hydrogens (primary N) is 1. The van der Waals surface area contributed by atoms with E-state index in [1.54, 1.807) is 12.1 Å². The van der Waals surface area contributed by atoms with E-state index in [-0.39, 0.29) is 25.2 Å². The molecule has 1 aliphatic heterocycles. The fourth-order valence-corrected chi connectivity index (χ4v) is 3.44. The lowest BCUT2D eigenvalue weighted by Gasteiger charge is -2.31. The highest BCUT2D eigenvalue weighted by molar-refractivity contribution is 6.31. The molecule has 1 fully saturated rings. The number of aromatic nitrogens is 2. The van der Waals surface area contributed by atoms with Gasteiger partial charge < -0.3 is 30.3 Å². The summed E-state index contributed by atoms with van der Waals surface area (Å²) in [6.45, 7) is 3.38. The van der Waals surface area contributed by atoms with E-state index in [0.717, 1.165) is 30.0 Å². The zero-order valence-electron chi connectivity index (χ0n) is 15.7. The van der Waals surface area contributed by atoms with Crippen LogP contribution in [0.15, 0.2) is 24.3 Å². The highest BCUT2D eigenvalue weighted by Crippen LogP contribution is 2.34. The van der Waals surface area contributed by atoms with Crippen molar-refractivity contribution in [2.45, 2.75) is 25.5 Å². The minimum atomic E-state index is -0.935. The van der Waals surface area contributed by atoms with Gasteiger partial charge in [0.1, 0.15) is 24.3 Å². The minimum absolute atomic E-state index is 0.00959. The fourth-order valence-electron chi connectivity index (χ4n) is 3.14. The summed E-state index contributed by atoms with van der Waals surface area (Å²) in [6.07, 6.45) is -0.0761. The third-order valence-electron chi connectivity index (χ3n) is 4.48. The Labute approximate surface area is 168 Å². The molecule has 1 saturated heterocycles. The van der Waals surface area contributed by atoms with E-state index in [1.807, 2.05) is 19.1 Å². The molecule has 9 heteroatoms. The van der Waals surface area contributed by atoms with Crippen molar-refractivity contribution in [1.82, 2.24) is 9.97 Å². The number of aliphatic hydroxyl groups excluding tert-OH is 2. The van der Waals surface area contributed by atoms with Crippen LogP contribution >= 0.6 is 11.6 Å². The number of aliphatic hydroxyl groups is 2. The van der Waals surface area contributed by atoms with Gasteiger partial charge in [0.05, 0.1) is 19.3 Å². The number of hydrogen-bond acceptors (Lipinski definition) is 8. The summed E-state index contributed by atoms with van der Waals surface area (Å²) in [6, 6.07) is 7.13. The Morgan fingerprint density at radius 3 is 2.93 bits per heavy atom. The average molecular weight is 409 g/mol. The lowest BCUT2D eigenvalue weighted by atomic mass is 10.1. The van der Waals surface area contributed by atoms with E-state index < -0.39 is 6.10 Å². The van der Waals surface area contributed by atoms with Crippen LogP contribution in [0.2, 0.25) is 5.02 Å². The van der Waals surface area contributed by atoms with Crippen LogP contribution in [-0.4, -0.2) is 59.3 Å². The largest absolute Gasteiger partial charge is 0.491 e. The van der Waals surface area contributed by atoms with Crippen molar-refractivity contribution in [3.63, 3.8) is 0 Å². The average Bonchev–Trinajstić information content (AvgIpc) is 2.91. The maximum Gasteiger partial charge on any atom is 0.222 e. The van der Waals surface area contributed by atoms with E-state index in [2.05, 4.69) is 14.9 Å². The SMILES string of the molecule is Cc1cc(N2CCCOCC2c2ccc(OC[C@H](O)CO)cc2Cl)nc(N)n1. The van der Waals surface area contributed by atoms with Crippen molar-refractivity contribution in [2.75, 3.05) is 43.6 Å². The normalized spacial score (nSPS) is 18.6. The van der Waals surface area contributed by atoms with Crippen LogP contribution in [0.3, 0.4) is 0 Å². The topological polar surface area (TPSA) is 114 Å². The first-order chi connectivity index (χ1) is 13.5. The van der Waals surface area contributed by atoms with Crippen molar-refractivity contribution in [1.29, 1.82) is 0 Å². The number of benzene rings is 1. The van der Waals surface area contributed by atoms with E-state index in [0.29, 0.717) is 24.0 Å². The Bertz CT molecular complexity index is 787. The number of hydrogen-bond donors (Lipinski definition) is 3. The maximum atomic E-state index is 9.43. The molecule has 28 heavy (non-hydrogen) atoms. The molecule has 4 N–H and O–H groups in total. The van der Waals surface area contributed by atoms with E-state index in [1.165, 1.54) is 0 Å². The highest BCUT2D eigenvalue weighted by atomic mass is 35.5. The molecule has 1 unspecified atom stereocenters. The Kier molecular flexibility index (Phi) is 6.90. The number of aryl methyl sites for hydroxylation is 1. The van der Waals surface area contributed by atoms with Crippen LogP contribution < -0.4 is 15.4 Å². The molecular weight excluding hydrogens is 384 g/mol. The third-order valence-corrected chi connectivity index (χ3v) is 4.80. The summed E-state index contributed by atoms with van der Waals surface area (Å²) in [7, 11) is 0. The van der Waals surface area contributed by atoms with Crippen molar-refractivity contribution in [3.8, 4) is 5.75 Å². The number of nitrogen functional groups attached to an aromatic ring is 1. The number of nitrogens with zero attached hydrogens (tertiary/aromatic N) is 3. The van der Waals surface area contributed by atoms with Gasteiger partial charge in [0.25, 0.3) is 0 Å². The van der Waals surface area contributed by atoms with Gasteiger partial charge in [-0.25, -0.2) is 4.98 Å². The fraction of sp³-hybridized carbons (Fsp3) is 0.474. The molecule has 8 nitrogen and oxygen atoms in total. The van der Waals surface area contributed by atoms with Crippen molar-refractivity contribution < 1.29 is 19.7 Å². The molecule has 0 spiro atoms. The van der Waals surface area contributed by atoms with Crippen LogP contribution in [0.25, 0.3) is 0 Å². The van der Waals surface area contributed by atoms with Gasteiger partial charge in [-0.2, -0.15) is 4.98 Å². The second-order valence-electron chi connectivity index (χ2n) is 6.69. The van der Waals surface area contributed by atoms with Gasteiger partial charge in [-0.15, -0.1) is 0 Å². The van der Waals surface area contributed by atoms with Crippen LogP contribution in [0, 0.1) is 6.92 Å². The lowest BCUT2D eigenvalue weighted by Crippen LogP contribution is -2.32. The van der Waals surface area contributed by atoms with Gasteiger partial charge in [0.2, 0.25) is 5.95 Å². The van der Waals surface area contributed by atoms with Gasteiger partial charge in [-0.05, 0) is 31.0 Å². The molecule has 0 aliphatic carbocycles. The molecule has 2 atom stereocenters. The monoisotopic (exact) mass is 408 g/mol. The van der Waals surface area contributed by atoms with Gasteiger partial charge in [-0.1, -0.05) is 17.7 Å². The molecule has 1 aromatic carbocycles.